The maximum Gasteiger partial charge on any atom is 0.306 e. The van der Waals surface area contributed by atoms with Crippen LogP contribution in [-0.4, -0.2) is 16.1 Å². The molecule has 1 heterocycles. The molecule has 98 valence electrons. The maximum atomic E-state index is 11.3. The third kappa shape index (κ3) is 3.22. The molecule has 0 amide bonds. The van der Waals surface area contributed by atoms with E-state index in [9.17, 15) is 9.90 Å². The van der Waals surface area contributed by atoms with Crippen LogP contribution in [0.1, 0.15) is 37.7 Å². The van der Waals surface area contributed by atoms with Gasteiger partial charge in [0.2, 0.25) is 0 Å². The summed E-state index contributed by atoms with van der Waals surface area (Å²) in [6, 6.07) is 1.89. The van der Waals surface area contributed by atoms with Crippen molar-refractivity contribution in [2.45, 2.75) is 38.5 Å². The molecule has 1 fully saturated rings. The lowest BCUT2D eigenvalue weighted by Gasteiger charge is -2.21. The highest BCUT2D eigenvalue weighted by molar-refractivity contribution is 6.31. The molecule has 0 bridgehead atoms. The van der Waals surface area contributed by atoms with Crippen LogP contribution in [0.4, 0.5) is 0 Å². The van der Waals surface area contributed by atoms with Crippen LogP contribution >= 0.6 is 11.6 Å². The molecule has 1 aliphatic carbocycles. The van der Waals surface area contributed by atoms with Gasteiger partial charge in [-0.05, 0) is 36.8 Å². The van der Waals surface area contributed by atoms with Crippen LogP contribution in [0.25, 0.3) is 0 Å². The summed E-state index contributed by atoms with van der Waals surface area (Å²) in [6.07, 6.45) is 9.16. The zero-order chi connectivity index (χ0) is 13.0. The quantitative estimate of drug-likeness (QED) is 0.852. The van der Waals surface area contributed by atoms with Crippen molar-refractivity contribution in [2.75, 3.05) is 0 Å². The zero-order valence-electron chi connectivity index (χ0n) is 10.3. The van der Waals surface area contributed by atoms with Crippen molar-refractivity contribution in [1.29, 1.82) is 0 Å². The first-order chi connectivity index (χ1) is 8.68. The molecule has 2 unspecified atom stereocenters. The van der Waals surface area contributed by atoms with Crippen LogP contribution in [0.5, 0.6) is 0 Å². The fraction of sp³-hybridized carbons (Fsp3) is 0.571. The number of carboxylic acid groups (broad SMARTS) is 1. The number of hydrogen-bond acceptors (Lipinski definition) is 2. The molecule has 1 aromatic rings. The van der Waals surface area contributed by atoms with Crippen molar-refractivity contribution >= 4 is 17.6 Å². The van der Waals surface area contributed by atoms with Gasteiger partial charge >= 0.3 is 5.97 Å². The predicted octanol–water partition coefficient (Wildman–Crippen LogP) is 3.56. The molecule has 4 heteroatoms. The molecular formula is C14H18ClNO2. The number of carboxylic acids is 1. The zero-order valence-corrected chi connectivity index (χ0v) is 11.1. The molecule has 3 nitrogen and oxygen atoms in total. The summed E-state index contributed by atoms with van der Waals surface area (Å²) in [5.74, 6) is -0.686. The van der Waals surface area contributed by atoms with E-state index in [1.54, 1.807) is 12.4 Å². The minimum atomic E-state index is -0.660. The number of pyridine rings is 1. The summed E-state index contributed by atoms with van der Waals surface area (Å²) < 4.78 is 0. The second-order valence-electron chi connectivity index (χ2n) is 5.01. The van der Waals surface area contributed by atoms with E-state index in [1.165, 1.54) is 0 Å². The largest absolute Gasteiger partial charge is 0.481 e. The van der Waals surface area contributed by atoms with Crippen molar-refractivity contribution in [3.05, 3.63) is 29.0 Å². The number of aromatic nitrogens is 1. The Balaban J connectivity index is 2.14. The first-order valence-corrected chi connectivity index (χ1v) is 6.87. The molecule has 1 saturated carbocycles. The van der Waals surface area contributed by atoms with Gasteiger partial charge in [0.25, 0.3) is 0 Å². The Morgan fingerprint density at radius 2 is 2.17 bits per heavy atom. The lowest BCUT2D eigenvalue weighted by atomic mass is 9.83. The molecular weight excluding hydrogens is 250 g/mol. The topological polar surface area (TPSA) is 50.2 Å². The summed E-state index contributed by atoms with van der Waals surface area (Å²) in [6.45, 7) is 0. The Morgan fingerprint density at radius 1 is 1.39 bits per heavy atom. The summed E-state index contributed by atoms with van der Waals surface area (Å²) in [4.78, 5) is 15.3. The Kier molecular flexibility index (Phi) is 4.59. The normalized spacial score (nSPS) is 24.5. The average molecular weight is 268 g/mol. The predicted molar refractivity (Wildman–Crippen MR) is 70.7 cm³/mol. The van der Waals surface area contributed by atoms with Gasteiger partial charge in [0.1, 0.15) is 0 Å². The fourth-order valence-electron chi connectivity index (χ4n) is 2.81. The van der Waals surface area contributed by atoms with Crippen LogP contribution in [0.3, 0.4) is 0 Å². The minimum absolute atomic E-state index is 0.199. The number of nitrogens with zero attached hydrogens (tertiary/aromatic N) is 1. The highest BCUT2D eigenvalue weighted by atomic mass is 35.5. The van der Waals surface area contributed by atoms with Gasteiger partial charge in [-0.2, -0.15) is 0 Å². The minimum Gasteiger partial charge on any atom is -0.481 e. The van der Waals surface area contributed by atoms with E-state index < -0.39 is 5.97 Å². The van der Waals surface area contributed by atoms with E-state index in [1.807, 2.05) is 6.07 Å². The monoisotopic (exact) mass is 267 g/mol. The van der Waals surface area contributed by atoms with E-state index in [2.05, 4.69) is 4.98 Å². The molecule has 0 saturated heterocycles. The standard InChI is InChI=1S/C14H18ClNO2/c15-13-9-16-7-6-11(13)8-10-4-2-1-3-5-12(10)14(17)18/h6-7,9-10,12H,1-5,8H2,(H,17,18). The van der Waals surface area contributed by atoms with Crippen LogP contribution in [0.2, 0.25) is 5.02 Å². The molecule has 1 N–H and O–H groups in total. The van der Waals surface area contributed by atoms with Crippen molar-refractivity contribution < 1.29 is 9.90 Å². The first kappa shape index (κ1) is 13.3. The Labute approximate surface area is 112 Å². The van der Waals surface area contributed by atoms with Crippen molar-refractivity contribution in [1.82, 2.24) is 4.98 Å². The highest BCUT2D eigenvalue weighted by Gasteiger charge is 2.29. The van der Waals surface area contributed by atoms with Gasteiger partial charge in [-0.15, -0.1) is 0 Å². The summed E-state index contributed by atoms with van der Waals surface area (Å²) >= 11 is 6.10. The molecule has 0 aromatic carbocycles. The highest BCUT2D eigenvalue weighted by Crippen LogP contribution is 2.32. The lowest BCUT2D eigenvalue weighted by molar-refractivity contribution is -0.143. The number of hydrogen-bond donors (Lipinski definition) is 1. The average Bonchev–Trinajstić information content (AvgIpc) is 2.57. The second kappa shape index (κ2) is 6.19. The SMILES string of the molecule is O=C(O)C1CCCCCC1Cc1ccncc1Cl. The first-order valence-electron chi connectivity index (χ1n) is 6.49. The number of aliphatic carboxylic acids is 1. The van der Waals surface area contributed by atoms with Gasteiger partial charge in [0.05, 0.1) is 10.9 Å². The van der Waals surface area contributed by atoms with Crippen molar-refractivity contribution in [3.8, 4) is 0 Å². The van der Waals surface area contributed by atoms with Gasteiger partial charge in [-0.3, -0.25) is 9.78 Å². The summed E-state index contributed by atoms with van der Waals surface area (Å²) in [5.41, 5.74) is 1.02. The van der Waals surface area contributed by atoms with E-state index in [-0.39, 0.29) is 11.8 Å². The van der Waals surface area contributed by atoms with E-state index >= 15 is 0 Å². The fourth-order valence-corrected chi connectivity index (χ4v) is 3.00. The van der Waals surface area contributed by atoms with Crippen LogP contribution < -0.4 is 0 Å². The van der Waals surface area contributed by atoms with Crippen molar-refractivity contribution in [2.24, 2.45) is 11.8 Å². The molecule has 0 spiro atoms. The smallest absolute Gasteiger partial charge is 0.306 e. The molecule has 2 rings (SSSR count). The van der Waals surface area contributed by atoms with Crippen LogP contribution in [-0.2, 0) is 11.2 Å². The molecule has 0 aliphatic heterocycles. The Morgan fingerprint density at radius 3 is 2.89 bits per heavy atom. The third-order valence-electron chi connectivity index (χ3n) is 3.81. The second-order valence-corrected chi connectivity index (χ2v) is 5.42. The molecule has 1 aliphatic rings. The van der Waals surface area contributed by atoms with Gasteiger partial charge < -0.3 is 5.11 Å². The number of halogens is 1. The molecule has 18 heavy (non-hydrogen) atoms. The van der Waals surface area contributed by atoms with Gasteiger partial charge in [0, 0.05) is 12.4 Å². The number of carbonyl (C=O) groups is 1. The summed E-state index contributed by atoms with van der Waals surface area (Å²) in [5, 5.41) is 9.98. The van der Waals surface area contributed by atoms with E-state index in [4.69, 9.17) is 11.6 Å². The molecule has 1 aromatic heterocycles. The van der Waals surface area contributed by atoms with Crippen LogP contribution in [0, 0.1) is 11.8 Å². The molecule has 2 atom stereocenters. The Hall–Kier alpha value is -1.09. The maximum absolute atomic E-state index is 11.3. The van der Waals surface area contributed by atoms with Crippen molar-refractivity contribution in [3.63, 3.8) is 0 Å². The van der Waals surface area contributed by atoms with E-state index in [0.29, 0.717) is 5.02 Å². The van der Waals surface area contributed by atoms with Gasteiger partial charge in [-0.25, -0.2) is 0 Å². The van der Waals surface area contributed by atoms with E-state index in [0.717, 1.165) is 44.1 Å². The Bertz CT molecular complexity index is 422. The van der Waals surface area contributed by atoms with Gasteiger partial charge in [-0.1, -0.05) is 30.9 Å². The third-order valence-corrected chi connectivity index (χ3v) is 4.16. The lowest BCUT2D eigenvalue weighted by Crippen LogP contribution is -2.24. The number of rotatable bonds is 3. The molecule has 0 radical (unpaired) electrons. The van der Waals surface area contributed by atoms with Crippen LogP contribution in [0.15, 0.2) is 18.5 Å². The summed E-state index contributed by atoms with van der Waals surface area (Å²) in [7, 11) is 0. The van der Waals surface area contributed by atoms with Gasteiger partial charge in [0.15, 0.2) is 0 Å².